The van der Waals surface area contributed by atoms with Gasteiger partial charge in [0.05, 0.1) is 0 Å². The summed E-state index contributed by atoms with van der Waals surface area (Å²) in [6.07, 6.45) is 3.84. The molecule has 0 spiro atoms. The summed E-state index contributed by atoms with van der Waals surface area (Å²) >= 11 is 0. The molecular weight excluding hydrogens is 220 g/mol. The average Bonchev–Trinajstić information content (AvgIpc) is 2.32. The maximum atomic E-state index is 3.66. The zero-order valence-electron chi connectivity index (χ0n) is 13.8. The van der Waals surface area contributed by atoms with Gasteiger partial charge in [0.15, 0.2) is 0 Å². The standard InChI is InChI=1S/C16H36N2/c1-8-14(9-2)13-18(11-4)15(10-3)12-17-16(5,6)7/h14-15,17H,8-13H2,1-7H3. The van der Waals surface area contributed by atoms with Crippen molar-refractivity contribution >= 4 is 0 Å². The van der Waals surface area contributed by atoms with Crippen molar-refractivity contribution in [3.05, 3.63) is 0 Å². The van der Waals surface area contributed by atoms with Crippen LogP contribution in [0.15, 0.2) is 0 Å². The number of hydrogen-bond donors (Lipinski definition) is 1. The Balaban J connectivity index is 4.38. The van der Waals surface area contributed by atoms with Crippen molar-refractivity contribution < 1.29 is 0 Å². The van der Waals surface area contributed by atoms with Gasteiger partial charge in [-0.25, -0.2) is 0 Å². The van der Waals surface area contributed by atoms with Crippen molar-refractivity contribution in [2.45, 2.75) is 79.3 Å². The number of nitrogens with one attached hydrogen (secondary N) is 1. The van der Waals surface area contributed by atoms with Crippen LogP contribution in [0.2, 0.25) is 0 Å². The first-order valence-electron chi connectivity index (χ1n) is 7.86. The van der Waals surface area contributed by atoms with E-state index in [4.69, 9.17) is 0 Å². The fourth-order valence-electron chi connectivity index (χ4n) is 2.37. The van der Waals surface area contributed by atoms with E-state index in [-0.39, 0.29) is 5.54 Å². The summed E-state index contributed by atoms with van der Waals surface area (Å²) in [6, 6.07) is 0.676. The lowest BCUT2D eigenvalue weighted by atomic mass is 10.0. The van der Waals surface area contributed by atoms with Crippen LogP contribution >= 0.6 is 0 Å². The van der Waals surface area contributed by atoms with Gasteiger partial charge in [-0.05, 0) is 39.7 Å². The lowest BCUT2D eigenvalue weighted by molar-refractivity contribution is 0.155. The second-order valence-corrected chi connectivity index (χ2v) is 6.46. The quantitative estimate of drug-likeness (QED) is 0.673. The Morgan fingerprint density at radius 3 is 1.83 bits per heavy atom. The molecule has 0 aliphatic carbocycles. The van der Waals surface area contributed by atoms with Crippen LogP contribution in [-0.4, -0.2) is 36.1 Å². The Morgan fingerprint density at radius 2 is 1.50 bits per heavy atom. The van der Waals surface area contributed by atoms with E-state index in [2.05, 4.69) is 58.7 Å². The highest BCUT2D eigenvalue weighted by atomic mass is 15.2. The summed E-state index contributed by atoms with van der Waals surface area (Å²) in [6.45, 7) is 19.5. The van der Waals surface area contributed by atoms with Crippen LogP contribution < -0.4 is 5.32 Å². The third kappa shape index (κ3) is 7.38. The fourth-order valence-corrected chi connectivity index (χ4v) is 2.37. The molecule has 0 aliphatic heterocycles. The van der Waals surface area contributed by atoms with Gasteiger partial charge in [0, 0.05) is 24.7 Å². The van der Waals surface area contributed by atoms with Gasteiger partial charge in [0.2, 0.25) is 0 Å². The summed E-state index contributed by atoms with van der Waals surface area (Å²) in [4.78, 5) is 2.66. The van der Waals surface area contributed by atoms with E-state index in [1.165, 1.54) is 32.4 Å². The Morgan fingerprint density at radius 1 is 0.944 bits per heavy atom. The second-order valence-electron chi connectivity index (χ2n) is 6.46. The molecule has 110 valence electrons. The molecule has 2 heteroatoms. The van der Waals surface area contributed by atoms with E-state index in [1.807, 2.05) is 0 Å². The van der Waals surface area contributed by atoms with Crippen LogP contribution in [0.25, 0.3) is 0 Å². The van der Waals surface area contributed by atoms with Crippen LogP contribution in [0.5, 0.6) is 0 Å². The van der Waals surface area contributed by atoms with Crippen molar-refractivity contribution in [2.24, 2.45) is 5.92 Å². The predicted octanol–water partition coefficient (Wildman–Crippen LogP) is 3.91. The minimum atomic E-state index is 0.224. The first-order valence-corrected chi connectivity index (χ1v) is 7.86. The summed E-state index contributed by atoms with van der Waals surface area (Å²) < 4.78 is 0. The molecule has 18 heavy (non-hydrogen) atoms. The zero-order valence-corrected chi connectivity index (χ0v) is 13.8. The second kappa shape index (κ2) is 8.92. The molecule has 1 atom stereocenters. The van der Waals surface area contributed by atoms with Gasteiger partial charge in [-0.2, -0.15) is 0 Å². The number of nitrogens with zero attached hydrogens (tertiary/aromatic N) is 1. The van der Waals surface area contributed by atoms with Crippen LogP contribution in [0.1, 0.15) is 67.7 Å². The van der Waals surface area contributed by atoms with Crippen molar-refractivity contribution in [2.75, 3.05) is 19.6 Å². The van der Waals surface area contributed by atoms with E-state index in [1.54, 1.807) is 0 Å². The van der Waals surface area contributed by atoms with Gasteiger partial charge in [-0.1, -0.05) is 40.5 Å². The maximum absolute atomic E-state index is 3.66. The van der Waals surface area contributed by atoms with E-state index in [0.29, 0.717) is 6.04 Å². The molecule has 0 fully saturated rings. The summed E-state index contributed by atoms with van der Waals surface area (Å²) in [7, 11) is 0. The van der Waals surface area contributed by atoms with Gasteiger partial charge in [-0.3, -0.25) is 4.90 Å². The number of likely N-dealkylation sites (N-methyl/N-ethyl adjacent to an activating group) is 1. The van der Waals surface area contributed by atoms with Gasteiger partial charge in [0.25, 0.3) is 0 Å². The van der Waals surface area contributed by atoms with Crippen LogP contribution in [0.3, 0.4) is 0 Å². The normalized spacial score (nSPS) is 14.5. The van der Waals surface area contributed by atoms with E-state index in [9.17, 15) is 0 Å². The van der Waals surface area contributed by atoms with Crippen molar-refractivity contribution in [1.82, 2.24) is 10.2 Å². The van der Waals surface area contributed by atoms with Crippen molar-refractivity contribution in [3.63, 3.8) is 0 Å². The van der Waals surface area contributed by atoms with Crippen LogP contribution in [0.4, 0.5) is 0 Å². The fraction of sp³-hybridized carbons (Fsp3) is 1.00. The lowest BCUT2D eigenvalue weighted by Crippen LogP contribution is -2.48. The van der Waals surface area contributed by atoms with Gasteiger partial charge in [-0.15, -0.1) is 0 Å². The minimum absolute atomic E-state index is 0.224. The first kappa shape index (κ1) is 17.9. The third-order valence-electron chi connectivity index (χ3n) is 3.91. The van der Waals surface area contributed by atoms with E-state index < -0.39 is 0 Å². The Bertz CT molecular complexity index is 192. The van der Waals surface area contributed by atoms with Crippen molar-refractivity contribution in [1.29, 1.82) is 0 Å². The number of rotatable bonds is 9. The van der Waals surface area contributed by atoms with Crippen molar-refractivity contribution in [3.8, 4) is 0 Å². The van der Waals surface area contributed by atoms with Crippen LogP contribution in [0, 0.1) is 5.92 Å². The average molecular weight is 256 g/mol. The summed E-state index contributed by atoms with van der Waals surface area (Å²) in [5.41, 5.74) is 0.224. The third-order valence-corrected chi connectivity index (χ3v) is 3.91. The highest BCUT2D eigenvalue weighted by Gasteiger charge is 2.20. The largest absolute Gasteiger partial charge is 0.311 e. The molecule has 1 unspecified atom stereocenters. The highest BCUT2D eigenvalue weighted by molar-refractivity contribution is 4.79. The Hall–Kier alpha value is -0.0800. The molecule has 0 aliphatic rings. The molecule has 0 aromatic carbocycles. The topological polar surface area (TPSA) is 15.3 Å². The number of hydrogen-bond acceptors (Lipinski definition) is 2. The molecule has 0 bridgehead atoms. The molecule has 0 aromatic rings. The molecule has 0 saturated heterocycles. The van der Waals surface area contributed by atoms with E-state index in [0.717, 1.165) is 12.5 Å². The van der Waals surface area contributed by atoms with Gasteiger partial charge < -0.3 is 5.32 Å². The maximum Gasteiger partial charge on any atom is 0.0218 e. The van der Waals surface area contributed by atoms with Crippen LogP contribution in [-0.2, 0) is 0 Å². The molecule has 0 amide bonds. The molecule has 1 N–H and O–H groups in total. The SMILES string of the molecule is CCC(CC)CN(CC)C(CC)CNC(C)(C)C. The minimum Gasteiger partial charge on any atom is -0.311 e. The monoisotopic (exact) mass is 256 g/mol. The van der Waals surface area contributed by atoms with Gasteiger partial charge >= 0.3 is 0 Å². The smallest absolute Gasteiger partial charge is 0.0218 e. The lowest BCUT2D eigenvalue weighted by Gasteiger charge is -2.35. The summed E-state index contributed by atoms with van der Waals surface area (Å²) in [5.74, 6) is 0.855. The highest BCUT2D eigenvalue weighted by Crippen LogP contribution is 2.14. The Kier molecular flexibility index (Phi) is 8.89. The first-order chi connectivity index (χ1) is 8.37. The molecular formula is C16H36N2. The molecule has 0 saturated carbocycles. The molecule has 0 radical (unpaired) electrons. The molecule has 0 aromatic heterocycles. The zero-order chi connectivity index (χ0) is 14.2. The molecule has 0 rings (SSSR count). The van der Waals surface area contributed by atoms with E-state index >= 15 is 0 Å². The van der Waals surface area contributed by atoms with Gasteiger partial charge in [0.1, 0.15) is 0 Å². The predicted molar refractivity (Wildman–Crippen MR) is 83.2 cm³/mol. The molecule has 0 heterocycles. The molecule has 2 nitrogen and oxygen atoms in total. The summed E-state index contributed by atoms with van der Waals surface area (Å²) in [5, 5.41) is 3.66. The Labute approximate surface area is 116 Å².